The number of nitrogens with zero attached hydrogens (tertiary/aromatic N) is 2. The molecule has 0 aliphatic rings. The van der Waals surface area contributed by atoms with Crippen molar-refractivity contribution in [2.24, 2.45) is 0 Å². The predicted octanol–water partition coefficient (Wildman–Crippen LogP) is 3.41. The Bertz CT molecular complexity index is 954. The minimum Gasteiger partial charge on any atom is -0.497 e. The van der Waals surface area contributed by atoms with Gasteiger partial charge in [0.25, 0.3) is 0 Å². The third kappa shape index (κ3) is 4.95. The average Bonchev–Trinajstić information content (AvgIpc) is 3.15. The van der Waals surface area contributed by atoms with Crippen molar-refractivity contribution < 1.29 is 14.3 Å². The molecule has 0 aliphatic carbocycles. The van der Waals surface area contributed by atoms with Crippen LogP contribution in [0.5, 0.6) is 5.75 Å². The molecule has 8 heteroatoms. The molecule has 0 radical (unpaired) electrons. The first-order chi connectivity index (χ1) is 13.0. The molecule has 0 atom stereocenters. The molecular formula is C19H18N4O3S. The fourth-order valence-electron chi connectivity index (χ4n) is 2.38. The molecule has 7 nitrogen and oxygen atoms in total. The Morgan fingerprint density at radius 1 is 1.19 bits per heavy atom. The van der Waals surface area contributed by atoms with E-state index < -0.39 is 0 Å². The van der Waals surface area contributed by atoms with Crippen LogP contribution in [0.1, 0.15) is 17.3 Å². The van der Waals surface area contributed by atoms with E-state index in [0.29, 0.717) is 28.0 Å². The zero-order valence-corrected chi connectivity index (χ0v) is 15.7. The highest BCUT2D eigenvalue weighted by molar-refractivity contribution is 7.99. The number of benzene rings is 2. The molecule has 0 unspecified atom stereocenters. The third-order valence-corrected chi connectivity index (χ3v) is 4.51. The number of anilines is 1. The Kier molecular flexibility index (Phi) is 5.87. The molecule has 0 saturated carbocycles. The summed E-state index contributed by atoms with van der Waals surface area (Å²) < 4.78 is 5.09. The second-order valence-electron chi connectivity index (χ2n) is 5.67. The molecule has 1 heterocycles. The Hall–Kier alpha value is -3.13. The number of thioether (sulfide) groups is 1. The minimum atomic E-state index is -0.141. The van der Waals surface area contributed by atoms with Gasteiger partial charge in [-0.15, -0.1) is 5.10 Å². The van der Waals surface area contributed by atoms with Gasteiger partial charge in [-0.2, -0.15) is 0 Å². The number of aromatic nitrogens is 3. The van der Waals surface area contributed by atoms with E-state index in [2.05, 4.69) is 20.5 Å². The summed E-state index contributed by atoms with van der Waals surface area (Å²) >= 11 is 1.26. The first kappa shape index (κ1) is 18.7. The van der Waals surface area contributed by atoms with Gasteiger partial charge in [0.15, 0.2) is 11.6 Å². The van der Waals surface area contributed by atoms with Crippen LogP contribution in [-0.4, -0.2) is 39.7 Å². The summed E-state index contributed by atoms with van der Waals surface area (Å²) in [5.41, 5.74) is 2.09. The van der Waals surface area contributed by atoms with E-state index in [9.17, 15) is 9.59 Å². The summed E-state index contributed by atoms with van der Waals surface area (Å²) in [7, 11) is 1.58. The van der Waals surface area contributed by atoms with Crippen molar-refractivity contribution >= 4 is 29.1 Å². The first-order valence-electron chi connectivity index (χ1n) is 8.15. The number of carbonyl (C=O) groups is 2. The van der Waals surface area contributed by atoms with Crippen molar-refractivity contribution in [3.8, 4) is 17.1 Å². The maximum absolute atomic E-state index is 12.3. The second kappa shape index (κ2) is 8.50. The predicted molar refractivity (Wildman–Crippen MR) is 104 cm³/mol. The molecule has 0 aliphatic heterocycles. The van der Waals surface area contributed by atoms with Gasteiger partial charge in [-0.25, -0.2) is 4.98 Å². The second-order valence-corrected chi connectivity index (χ2v) is 6.61. The van der Waals surface area contributed by atoms with Gasteiger partial charge in [0.1, 0.15) is 5.75 Å². The lowest BCUT2D eigenvalue weighted by Gasteiger charge is -2.03. The smallest absolute Gasteiger partial charge is 0.221 e. The lowest BCUT2D eigenvalue weighted by molar-refractivity contribution is -0.114. The summed E-state index contributed by atoms with van der Waals surface area (Å²) in [4.78, 5) is 27.9. The van der Waals surface area contributed by atoms with Crippen LogP contribution >= 0.6 is 11.8 Å². The summed E-state index contributed by atoms with van der Waals surface area (Å²) in [5, 5.41) is 10.2. The van der Waals surface area contributed by atoms with Crippen molar-refractivity contribution in [1.29, 1.82) is 0 Å². The molecule has 1 amide bonds. The van der Waals surface area contributed by atoms with E-state index in [1.807, 2.05) is 12.1 Å². The molecule has 2 aromatic carbocycles. The van der Waals surface area contributed by atoms with Crippen LogP contribution in [0.4, 0.5) is 5.69 Å². The van der Waals surface area contributed by atoms with Gasteiger partial charge in [0.2, 0.25) is 11.1 Å². The molecule has 3 rings (SSSR count). The number of methoxy groups -OCH3 is 1. The summed E-state index contributed by atoms with van der Waals surface area (Å²) in [6.07, 6.45) is 0. The van der Waals surface area contributed by atoms with Gasteiger partial charge >= 0.3 is 0 Å². The highest BCUT2D eigenvalue weighted by atomic mass is 32.2. The number of ether oxygens (including phenoxy) is 1. The van der Waals surface area contributed by atoms with Gasteiger partial charge in [0.05, 0.1) is 12.9 Å². The Labute approximate surface area is 160 Å². The fourth-order valence-corrected chi connectivity index (χ4v) is 3.07. The zero-order chi connectivity index (χ0) is 19.2. The largest absolute Gasteiger partial charge is 0.497 e. The van der Waals surface area contributed by atoms with Crippen molar-refractivity contribution in [3.05, 3.63) is 54.1 Å². The molecule has 2 N–H and O–H groups in total. The van der Waals surface area contributed by atoms with Gasteiger partial charge < -0.3 is 10.1 Å². The van der Waals surface area contributed by atoms with E-state index in [1.165, 1.54) is 18.7 Å². The van der Waals surface area contributed by atoms with Crippen LogP contribution in [0, 0.1) is 0 Å². The van der Waals surface area contributed by atoms with E-state index in [4.69, 9.17) is 4.74 Å². The SMILES string of the molecule is COc1ccc(C(=O)CSc2n[nH]c(-c3cccc(NC(C)=O)c3)n2)cc1. The standard InChI is InChI=1S/C19H18N4O3S/c1-12(24)20-15-5-3-4-14(10-15)18-21-19(23-22-18)27-11-17(25)13-6-8-16(26-2)9-7-13/h3-10H,11H2,1-2H3,(H,20,24)(H,21,22,23). The highest BCUT2D eigenvalue weighted by Crippen LogP contribution is 2.23. The molecular weight excluding hydrogens is 364 g/mol. The molecule has 0 fully saturated rings. The molecule has 3 aromatic rings. The van der Waals surface area contributed by atoms with E-state index in [1.54, 1.807) is 43.5 Å². The van der Waals surface area contributed by atoms with Gasteiger partial charge in [0, 0.05) is 23.7 Å². The van der Waals surface area contributed by atoms with E-state index >= 15 is 0 Å². The lowest BCUT2D eigenvalue weighted by Crippen LogP contribution is -2.05. The quantitative estimate of drug-likeness (QED) is 0.480. The van der Waals surface area contributed by atoms with Crippen LogP contribution in [0.15, 0.2) is 53.7 Å². The number of rotatable bonds is 7. The summed E-state index contributed by atoms with van der Waals surface area (Å²) in [6, 6.07) is 14.3. The van der Waals surface area contributed by atoms with Crippen LogP contribution in [0.3, 0.4) is 0 Å². The normalized spacial score (nSPS) is 10.4. The Morgan fingerprint density at radius 3 is 2.67 bits per heavy atom. The topological polar surface area (TPSA) is 97.0 Å². The Morgan fingerprint density at radius 2 is 1.96 bits per heavy atom. The molecule has 0 bridgehead atoms. The first-order valence-corrected chi connectivity index (χ1v) is 9.14. The van der Waals surface area contributed by atoms with E-state index in [-0.39, 0.29) is 17.4 Å². The number of hydrogen-bond donors (Lipinski definition) is 2. The van der Waals surface area contributed by atoms with Gasteiger partial charge in [-0.3, -0.25) is 14.7 Å². The maximum Gasteiger partial charge on any atom is 0.221 e. The zero-order valence-electron chi connectivity index (χ0n) is 14.9. The number of aromatic amines is 1. The van der Waals surface area contributed by atoms with Crippen molar-refractivity contribution in [3.63, 3.8) is 0 Å². The average molecular weight is 382 g/mol. The number of nitrogens with one attached hydrogen (secondary N) is 2. The fraction of sp³-hybridized carbons (Fsp3) is 0.158. The van der Waals surface area contributed by atoms with Crippen molar-refractivity contribution in [1.82, 2.24) is 15.2 Å². The summed E-state index contributed by atoms with van der Waals surface area (Å²) in [5.74, 6) is 1.36. The van der Waals surface area contributed by atoms with Crippen LogP contribution in [0.25, 0.3) is 11.4 Å². The number of carbonyl (C=O) groups excluding carboxylic acids is 2. The lowest BCUT2D eigenvalue weighted by atomic mass is 10.1. The Balaban J connectivity index is 1.64. The number of hydrogen-bond acceptors (Lipinski definition) is 6. The van der Waals surface area contributed by atoms with Crippen LogP contribution in [0.2, 0.25) is 0 Å². The molecule has 138 valence electrons. The molecule has 0 saturated heterocycles. The summed E-state index contributed by atoms with van der Waals surface area (Å²) in [6.45, 7) is 1.45. The van der Waals surface area contributed by atoms with E-state index in [0.717, 1.165) is 5.56 Å². The van der Waals surface area contributed by atoms with Crippen LogP contribution in [-0.2, 0) is 4.79 Å². The number of ketones is 1. The minimum absolute atomic E-state index is 0.0124. The maximum atomic E-state index is 12.3. The van der Waals surface area contributed by atoms with Gasteiger partial charge in [-0.05, 0) is 36.4 Å². The van der Waals surface area contributed by atoms with Crippen molar-refractivity contribution in [2.45, 2.75) is 12.1 Å². The van der Waals surface area contributed by atoms with Crippen LogP contribution < -0.4 is 10.1 Å². The number of H-pyrrole nitrogens is 1. The monoisotopic (exact) mass is 382 g/mol. The molecule has 1 aromatic heterocycles. The molecule has 27 heavy (non-hydrogen) atoms. The highest BCUT2D eigenvalue weighted by Gasteiger charge is 2.11. The van der Waals surface area contributed by atoms with Gasteiger partial charge in [-0.1, -0.05) is 23.9 Å². The molecule has 0 spiro atoms. The van der Waals surface area contributed by atoms with Crippen molar-refractivity contribution in [2.75, 3.05) is 18.2 Å². The number of amides is 1. The third-order valence-electron chi connectivity index (χ3n) is 3.67. The number of Topliss-reactive ketones (excluding diaryl/α,β-unsaturated/α-hetero) is 1.